The van der Waals surface area contributed by atoms with Crippen LogP contribution in [0.1, 0.15) is 31.2 Å². The summed E-state index contributed by atoms with van der Waals surface area (Å²) in [5.74, 6) is 3.14. The maximum Gasteiger partial charge on any atom is 0.248 e. The molecule has 0 fully saturated rings. The first-order chi connectivity index (χ1) is 15.1. The van der Waals surface area contributed by atoms with Crippen LogP contribution in [-0.2, 0) is 9.54 Å². The van der Waals surface area contributed by atoms with E-state index in [1.54, 1.807) is 23.8 Å². The van der Waals surface area contributed by atoms with Gasteiger partial charge in [-0.25, -0.2) is 0 Å². The number of unbranched alkanes of at least 4 members (excludes halogenated alkanes) is 1. The number of ether oxygens (including phenoxy) is 2. The second kappa shape index (κ2) is 11.4. The van der Waals surface area contributed by atoms with Gasteiger partial charge in [0.25, 0.3) is 0 Å². The molecule has 4 nitrogen and oxygen atoms in total. The van der Waals surface area contributed by atoms with Crippen molar-refractivity contribution in [2.75, 3.05) is 43.6 Å². The average Bonchev–Trinajstić information content (AvgIpc) is 2.80. The molecule has 1 heterocycles. The second-order valence-electron chi connectivity index (χ2n) is 7.46. The largest absolute Gasteiger partial charge is 0.497 e. The number of likely N-dealkylation sites (N-methyl/N-ethyl adjacent to an activating group) is 1. The molecule has 168 valence electrons. The lowest BCUT2D eigenvalue weighted by Crippen LogP contribution is -2.46. The molecule has 0 radical (unpaired) electrons. The maximum atomic E-state index is 13.9. The number of fused-ring (bicyclic) bond motifs is 1. The fourth-order valence-corrected chi connectivity index (χ4v) is 6.00. The van der Waals surface area contributed by atoms with E-state index in [-0.39, 0.29) is 5.91 Å². The lowest BCUT2D eigenvalue weighted by molar-refractivity contribution is -0.121. The quantitative estimate of drug-likeness (QED) is 0.283. The van der Waals surface area contributed by atoms with Crippen LogP contribution in [0, 0.1) is 0 Å². The van der Waals surface area contributed by atoms with Gasteiger partial charge in [-0.3, -0.25) is 4.79 Å². The lowest BCUT2D eigenvalue weighted by atomic mass is 9.89. The summed E-state index contributed by atoms with van der Waals surface area (Å²) >= 11 is 9.34. The van der Waals surface area contributed by atoms with E-state index < -0.39 is 4.75 Å². The van der Waals surface area contributed by atoms with Crippen molar-refractivity contribution >= 4 is 46.7 Å². The minimum atomic E-state index is -0.771. The van der Waals surface area contributed by atoms with Crippen LogP contribution < -0.4 is 14.4 Å². The average molecular weight is 480 g/mol. The van der Waals surface area contributed by atoms with Crippen molar-refractivity contribution in [1.82, 2.24) is 0 Å². The van der Waals surface area contributed by atoms with Gasteiger partial charge in [-0.05, 0) is 61.6 Å². The molecule has 1 unspecified atom stereocenters. The highest BCUT2D eigenvalue weighted by Crippen LogP contribution is 2.55. The van der Waals surface area contributed by atoms with E-state index in [9.17, 15) is 4.79 Å². The minimum Gasteiger partial charge on any atom is -0.497 e. The highest BCUT2D eigenvalue weighted by molar-refractivity contribution is 8.01. The van der Waals surface area contributed by atoms with Crippen LogP contribution in [0.5, 0.6) is 11.5 Å². The summed E-state index contributed by atoms with van der Waals surface area (Å²) < 4.78 is 10.9. The van der Waals surface area contributed by atoms with Gasteiger partial charge in [-0.2, -0.15) is 11.8 Å². The summed E-state index contributed by atoms with van der Waals surface area (Å²) in [6.07, 6.45) is 5.61. The summed E-state index contributed by atoms with van der Waals surface area (Å²) in [6.45, 7) is 0.511. The van der Waals surface area contributed by atoms with Crippen molar-refractivity contribution < 1.29 is 14.3 Å². The Morgan fingerprint density at radius 1 is 1.16 bits per heavy atom. The van der Waals surface area contributed by atoms with Gasteiger partial charge in [0.15, 0.2) is 0 Å². The van der Waals surface area contributed by atoms with Crippen molar-refractivity contribution in [3.05, 3.63) is 48.0 Å². The fraction of sp³-hybridized carbons (Fsp3) is 0.458. The van der Waals surface area contributed by atoms with E-state index >= 15 is 0 Å². The predicted octanol–water partition coefficient (Wildman–Crippen LogP) is 6.20. The van der Waals surface area contributed by atoms with Crippen LogP contribution in [0.2, 0.25) is 0 Å². The maximum absolute atomic E-state index is 13.9. The number of benzene rings is 2. The summed E-state index contributed by atoms with van der Waals surface area (Å²) in [6, 6.07) is 13.9. The third-order valence-corrected chi connectivity index (χ3v) is 7.92. The molecule has 3 rings (SSSR count). The van der Waals surface area contributed by atoms with Crippen LogP contribution in [0.4, 0.5) is 5.69 Å². The van der Waals surface area contributed by atoms with E-state index in [1.807, 2.05) is 55.2 Å². The summed E-state index contributed by atoms with van der Waals surface area (Å²) in [5, 5.41) is 0. The molecular formula is C24H30ClNO3S2. The van der Waals surface area contributed by atoms with Gasteiger partial charge in [-0.1, -0.05) is 18.6 Å². The number of halogens is 1. The van der Waals surface area contributed by atoms with Gasteiger partial charge in [-0.15, -0.1) is 23.4 Å². The van der Waals surface area contributed by atoms with Gasteiger partial charge < -0.3 is 14.4 Å². The SMILES string of the molecule is COc1ccc(OCCCCl)c(C2(CCCCSC)Sc3ccccc3N(C)C2=O)c1. The number of nitrogens with zero attached hydrogens (tertiary/aromatic N) is 1. The third kappa shape index (κ3) is 5.29. The smallest absolute Gasteiger partial charge is 0.248 e. The molecule has 2 aromatic rings. The standard InChI is InChI=1S/C24H30ClNO3S2/c1-26-20-9-4-5-10-22(20)31-24(23(26)27,13-6-7-16-30-3)19-17-18(28-2)11-12-21(19)29-15-8-14-25/h4-5,9-12,17H,6-8,13-16H2,1-3H3. The van der Waals surface area contributed by atoms with Crippen LogP contribution in [0.15, 0.2) is 47.4 Å². The zero-order valence-electron chi connectivity index (χ0n) is 18.4. The number of alkyl halides is 1. The molecule has 1 aliphatic heterocycles. The zero-order chi connectivity index (χ0) is 22.3. The van der Waals surface area contributed by atoms with Crippen molar-refractivity contribution in [3.63, 3.8) is 0 Å². The topological polar surface area (TPSA) is 38.8 Å². The first-order valence-corrected chi connectivity index (χ1v) is 13.2. The number of anilines is 1. The number of carbonyl (C=O) groups is 1. The molecule has 0 saturated carbocycles. The summed E-state index contributed by atoms with van der Waals surface area (Å²) in [4.78, 5) is 16.8. The molecule has 0 N–H and O–H groups in total. The third-order valence-electron chi connectivity index (χ3n) is 5.45. The first kappa shape index (κ1) is 24.1. The summed E-state index contributed by atoms with van der Waals surface area (Å²) in [7, 11) is 3.52. The van der Waals surface area contributed by atoms with Crippen molar-refractivity contribution in [2.24, 2.45) is 0 Å². The Morgan fingerprint density at radius 2 is 1.97 bits per heavy atom. The molecule has 0 spiro atoms. The molecule has 1 atom stereocenters. The Balaban J connectivity index is 2.10. The molecule has 0 saturated heterocycles. The van der Waals surface area contributed by atoms with Gasteiger partial charge in [0.1, 0.15) is 16.2 Å². The predicted molar refractivity (Wildman–Crippen MR) is 133 cm³/mol. The normalized spacial score (nSPS) is 18.1. The highest BCUT2D eigenvalue weighted by atomic mass is 35.5. The number of methoxy groups -OCH3 is 1. The van der Waals surface area contributed by atoms with Gasteiger partial charge in [0.05, 0.1) is 19.4 Å². The van der Waals surface area contributed by atoms with Gasteiger partial charge in [0.2, 0.25) is 5.91 Å². The van der Waals surface area contributed by atoms with E-state index in [0.29, 0.717) is 12.5 Å². The van der Waals surface area contributed by atoms with E-state index in [2.05, 4.69) is 12.3 Å². The number of carbonyl (C=O) groups excluding carboxylic acids is 1. The van der Waals surface area contributed by atoms with Crippen molar-refractivity contribution in [2.45, 2.75) is 35.3 Å². The minimum absolute atomic E-state index is 0.0794. The Kier molecular flexibility index (Phi) is 8.87. The Hall–Kier alpha value is -1.50. The van der Waals surface area contributed by atoms with Crippen LogP contribution in [0.3, 0.4) is 0 Å². The Bertz CT molecular complexity index is 895. The fourth-order valence-electron chi connectivity index (χ4n) is 3.83. The number of hydrogen-bond donors (Lipinski definition) is 0. The summed E-state index contributed by atoms with van der Waals surface area (Å²) in [5.41, 5.74) is 1.83. The first-order valence-electron chi connectivity index (χ1n) is 10.5. The monoisotopic (exact) mass is 479 g/mol. The molecular weight excluding hydrogens is 450 g/mol. The van der Waals surface area contributed by atoms with Gasteiger partial charge >= 0.3 is 0 Å². The molecule has 7 heteroatoms. The molecule has 0 aliphatic carbocycles. The number of para-hydroxylation sites is 1. The van der Waals surface area contributed by atoms with E-state index in [0.717, 1.165) is 59.1 Å². The second-order valence-corrected chi connectivity index (χ2v) is 10.2. The molecule has 0 bridgehead atoms. The molecule has 2 aromatic carbocycles. The lowest BCUT2D eigenvalue weighted by Gasteiger charge is -2.41. The van der Waals surface area contributed by atoms with Crippen LogP contribution in [0.25, 0.3) is 0 Å². The highest BCUT2D eigenvalue weighted by Gasteiger charge is 2.48. The Morgan fingerprint density at radius 3 is 2.71 bits per heavy atom. The van der Waals surface area contributed by atoms with Crippen molar-refractivity contribution in [3.8, 4) is 11.5 Å². The molecule has 0 aromatic heterocycles. The zero-order valence-corrected chi connectivity index (χ0v) is 20.7. The van der Waals surface area contributed by atoms with E-state index in [1.165, 1.54) is 0 Å². The number of amides is 1. The number of rotatable bonds is 11. The number of hydrogen-bond acceptors (Lipinski definition) is 5. The number of thioether (sulfide) groups is 2. The molecule has 31 heavy (non-hydrogen) atoms. The van der Waals surface area contributed by atoms with Crippen molar-refractivity contribution in [1.29, 1.82) is 0 Å². The van der Waals surface area contributed by atoms with Crippen LogP contribution >= 0.6 is 35.1 Å². The van der Waals surface area contributed by atoms with Crippen LogP contribution in [-0.4, -0.2) is 44.6 Å². The van der Waals surface area contributed by atoms with Gasteiger partial charge in [0, 0.05) is 23.4 Å². The Labute approximate surface area is 199 Å². The molecule has 1 aliphatic rings. The van der Waals surface area contributed by atoms with E-state index in [4.69, 9.17) is 21.1 Å². The molecule has 1 amide bonds.